The van der Waals surface area contributed by atoms with Gasteiger partial charge < -0.3 is 9.80 Å². The van der Waals surface area contributed by atoms with Crippen molar-refractivity contribution < 1.29 is 13.2 Å². The highest BCUT2D eigenvalue weighted by atomic mass is 35.5. The first kappa shape index (κ1) is 16.8. The van der Waals surface area contributed by atoms with Crippen molar-refractivity contribution in [2.24, 2.45) is 0 Å². The Morgan fingerprint density at radius 3 is 2.74 bits per heavy atom. The maximum atomic E-state index is 12.8. The predicted molar refractivity (Wildman–Crippen MR) is 88.6 cm³/mol. The molecule has 0 spiro atoms. The molecule has 126 valence electrons. The van der Waals surface area contributed by atoms with Crippen molar-refractivity contribution in [3.05, 3.63) is 23.8 Å². The predicted octanol–water partition coefficient (Wildman–Crippen LogP) is 4.07. The van der Waals surface area contributed by atoms with Gasteiger partial charge in [-0.15, -0.1) is 11.6 Å². The van der Waals surface area contributed by atoms with Crippen molar-refractivity contribution in [3.8, 4) is 0 Å². The topological polar surface area (TPSA) is 19.4 Å². The van der Waals surface area contributed by atoms with Crippen molar-refractivity contribution >= 4 is 38.3 Å². The van der Waals surface area contributed by atoms with Crippen molar-refractivity contribution in [2.45, 2.75) is 12.6 Å². The second-order valence-corrected chi connectivity index (χ2v) is 6.93. The summed E-state index contributed by atoms with van der Waals surface area (Å²) in [7, 11) is 0. The van der Waals surface area contributed by atoms with Crippen molar-refractivity contribution in [1.82, 2.24) is 9.88 Å². The Balaban J connectivity index is 1.80. The smallest absolute Gasteiger partial charge is 0.347 e. The number of aromatic nitrogens is 1. The molecule has 1 aliphatic heterocycles. The Bertz CT molecular complexity index is 674. The summed E-state index contributed by atoms with van der Waals surface area (Å²) in [4.78, 5) is 8.97. The minimum Gasteiger partial charge on any atom is -0.347 e. The Hall–Kier alpha value is -1.05. The number of benzene rings is 1. The molecule has 0 atom stereocenters. The lowest BCUT2D eigenvalue weighted by atomic mass is 10.2. The molecule has 8 heteroatoms. The molecule has 0 radical (unpaired) electrons. The molecular formula is C15H17ClF3N3S. The number of thiazole rings is 1. The van der Waals surface area contributed by atoms with E-state index in [1.807, 2.05) is 0 Å². The Morgan fingerprint density at radius 1 is 1.17 bits per heavy atom. The first-order valence-electron chi connectivity index (χ1n) is 7.48. The van der Waals surface area contributed by atoms with Crippen LogP contribution in [0.4, 0.5) is 18.3 Å². The molecule has 0 bridgehead atoms. The molecule has 0 saturated carbocycles. The normalized spacial score (nSPS) is 17.7. The van der Waals surface area contributed by atoms with Crippen LogP contribution in [0.5, 0.6) is 0 Å². The van der Waals surface area contributed by atoms with Gasteiger partial charge in [0.2, 0.25) is 0 Å². The largest absolute Gasteiger partial charge is 0.416 e. The van der Waals surface area contributed by atoms with Crippen molar-refractivity contribution in [3.63, 3.8) is 0 Å². The third-order valence-corrected chi connectivity index (χ3v) is 5.21. The lowest BCUT2D eigenvalue weighted by Gasteiger charge is -2.20. The van der Waals surface area contributed by atoms with Crippen molar-refractivity contribution in [2.75, 3.05) is 43.5 Å². The van der Waals surface area contributed by atoms with Crippen LogP contribution in [0.1, 0.15) is 12.0 Å². The quantitative estimate of drug-likeness (QED) is 0.766. The summed E-state index contributed by atoms with van der Waals surface area (Å²) in [5, 5.41) is 0.798. The standard InChI is InChI=1S/C15H17ClF3N3S/c16-4-7-21-5-1-6-22(9-8-21)14-20-12-3-2-11(15(17,18)19)10-13(12)23-14/h2-3,10H,1,4-9H2. The van der Waals surface area contributed by atoms with Crippen LogP contribution in [0.15, 0.2) is 18.2 Å². The molecule has 0 N–H and O–H groups in total. The molecule has 0 amide bonds. The van der Waals surface area contributed by atoms with Crippen molar-refractivity contribution in [1.29, 1.82) is 0 Å². The van der Waals surface area contributed by atoms with E-state index in [0.29, 0.717) is 16.1 Å². The number of nitrogens with zero attached hydrogens (tertiary/aromatic N) is 3. The third kappa shape index (κ3) is 3.89. The van der Waals surface area contributed by atoms with E-state index in [9.17, 15) is 13.2 Å². The summed E-state index contributed by atoms with van der Waals surface area (Å²) in [5.74, 6) is 0.612. The molecule has 1 aromatic carbocycles. The molecule has 2 heterocycles. The summed E-state index contributed by atoms with van der Waals surface area (Å²) in [6.45, 7) is 4.44. The molecule has 0 aliphatic carbocycles. The fourth-order valence-electron chi connectivity index (χ4n) is 2.73. The monoisotopic (exact) mass is 363 g/mol. The van der Waals surface area contributed by atoms with E-state index >= 15 is 0 Å². The molecule has 3 rings (SSSR count). The van der Waals surface area contributed by atoms with Crippen LogP contribution in [0.2, 0.25) is 0 Å². The molecule has 1 fully saturated rings. The van der Waals surface area contributed by atoms with E-state index in [2.05, 4.69) is 14.8 Å². The van der Waals surface area contributed by atoms with Gasteiger partial charge >= 0.3 is 6.18 Å². The SMILES string of the molecule is FC(F)(F)c1ccc2nc(N3CCCN(CCCl)CC3)sc2c1. The van der Waals surface area contributed by atoms with E-state index < -0.39 is 11.7 Å². The zero-order chi connectivity index (χ0) is 16.4. The maximum absolute atomic E-state index is 12.8. The molecule has 1 saturated heterocycles. The fourth-order valence-corrected chi connectivity index (χ4v) is 4.02. The first-order chi connectivity index (χ1) is 11.0. The van der Waals surface area contributed by atoms with Crippen LogP contribution in [0.25, 0.3) is 10.2 Å². The highest BCUT2D eigenvalue weighted by Crippen LogP contribution is 2.35. The Labute approximate surface area is 141 Å². The number of alkyl halides is 4. The zero-order valence-corrected chi connectivity index (χ0v) is 14.0. The second-order valence-electron chi connectivity index (χ2n) is 5.55. The first-order valence-corrected chi connectivity index (χ1v) is 8.83. The van der Waals surface area contributed by atoms with Crippen LogP contribution >= 0.6 is 22.9 Å². The number of hydrogen-bond acceptors (Lipinski definition) is 4. The number of halogens is 4. The summed E-state index contributed by atoms with van der Waals surface area (Å²) < 4.78 is 39.0. The number of fused-ring (bicyclic) bond motifs is 1. The molecular weight excluding hydrogens is 347 g/mol. The zero-order valence-electron chi connectivity index (χ0n) is 12.4. The lowest BCUT2D eigenvalue weighted by molar-refractivity contribution is -0.137. The molecule has 23 heavy (non-hydrogen) atoms. The number of hydrogen-bond donors (Lipinski definition) is 0. The minimum atomic E-state index is -4.32. The molecule has 0 unspecified atom stereocenters. The van der Waals surface area contributed by atoms with Gasteiger partial charge in [-0.2, -0.15) is 13.2 Å². The van der Waals surface area contributed by atoms with E-state index in [4.69, 9.17) is 11.6 Å². The van der Waals surface area contributed by atoms with Crippen LogP contribution in [-0.4, -0.2) is 48.5 Å². The van der Waals surface area contributed by atoms with Crippen LogP contribution in [0.3, 0.4) is 0 Å². The van der Waals surface area contributed by atoms with E-state index in [1.54, 1.807) is 0 Å². The van der Waals surface area contributed by atoms with Gasteiger partial charge in [-0.1, -0.05) is 11.3 Å². The Morgan fingerprint density at radius 2 is 2.00 bits per heavy atom. The van der Waals surface area contributed by atoms with Gasteiger partial charge in [0.1, 0.15) is 0 Å². The molecule has 2 aromatic rings. The van der Waals surface area contributed by atoms with Crippen LogP contribution < -0.4 is 4.90 Å². The van der Waals surface area contributed by atoms with Crippen LogP contribution in [0, 0.1) is 0 Å². The van der Waals surface area contributed by atoms with Gasteiger partial charge in [0.25, 0.3) is 0 Å². The lowest BCUT2D eigenvalue weighted by Crippen LogP contribution is -2.31. The number of rotatable bonds is 3. The van der Waals surface area contributed by atoms with Gasteiger partial charge in [-0.25, -0.2) is 4.98 Å². The average Bonchev–Trinajstić information content (AvgIpc) is 2.78. The summed E-state index contributed by atoms with van der Waals surface area (Å²) in [6, 6.07) is 3.74. The second kappa shape index (κ2) is 6.83. The molecule has 1 aliphatic rings. The summed E-state index contributed by atoms with van der Waals surface area (Å²) >= 11 is 7.12. The highest BCUT2D eigenvalue weighted by molar-refractivity contribution is 7.22. The maximum Gasteiger partial charge on any atom is 0.416 e. The van der Waals surface area contributed by atoms with Gasteiger partial charge in [0.05, 0.1) is 15.8 Å². The van der Waals surface area contributed by atoms with E-state index in [1.165, 1.54) is 23.5 Å². The molecule has 3 nitrogen and oxygen atoms in total. The van der Waals surface area contributed by atoms with Gasteiger partial charge in [0, 0.05) is 32.1 Å². The highest BCUT2D eigenvalue weighted by Gasteiger charge is 2.31. The average molecular weight is 364 g/mol. The third-order valence-electron chi connectivity index (χ3n) is 3.96. The summed E-state index contributed by atoms with van der Waals surface area (Å²) in [6.07, 6.45) is -3.32. The molecule has 1 aromatic heterocycles. The minimum absolute atomic E-state index is 0.580. The van der Waals surface area contributed by atoms with E-state index in [-0.39, 0.29) is 0 Å². The Kier molecular flexibility index (Phi) is 4.98. The van der Waals surface area contributed by atoms with Crippen LogP contribution in [-0.2, 0) is 6.18 Å². The van der Waals surface area contributed by atoms with E-state index in [0.717, 1.165) is 50.3 Å². The number of anilines is 1. The summed E-state index contributed by atoms with van der Waals surface area (Å²) in [5.41, 5.74) is 0.00390. The van der Waals surface area contributed by atoms with Gasteiger partial charge in [-0.3, -0.25) is 0 Å². The van der Waals surface area contributed by atoms with Gasteiger partial charge in [-0.05, 0) is 31.2 Å². The fraction of sp³-hybridized carbons (Fsp3) is 0.533. The van der Waals surface area contributed by atoms with Gasteiger partial charge in [0.15, 0.2) is 5.13 Å².